The van der Waals surface area contributed by atoms with Gasteiger partial charge >= 0.3 is 0 Å². The van der Waals surface area contributed by atoms with Gasteiger partial charge in [0, 0.05) is 13.1 Å². The minimum Gasteiger partial charge on any atom is -0.369 e. The van der Waals surface area contributed by atoms with Gasteiger partial charge in [0.05, 0.1) is 10.0 Å². The Morgan fingerprint density at radius 3 is 2.39 bits per heavy atom. The first-order valence-electron chi connectivity index (χ1n) is 6.38. The van der Waals surface area contributed by atoms with Crippen LogP contribution < -0.4 is 10.6 Å². The van der Waals surface area contributed by atoms with Crippen molar-refractivity contribution in [2.24, 2.45) is 5.41 Å². The topological polar surface area (TPSA) is 37.0 Å². The summed E-state index contributed by atoms with van der Waals surface area (Å²) in [6.07, 6.45) is 3.57. The van der Waals surface area contributed by atoms with Gasteiger partial charge in [-0.05, 0) is 30.7 Å². The van der Waals surface area contributed by atoms with Gasteiger partial charge < -0.3 is 10.6 Å². The molecule has 5 heteroatoms. The van der Waals surface area contributed by atoms with E-state index < -0.39 is 0 Å². The summed E-state index contributed by atoms with van der Waals surface area (Å²) >= 11 is 12.3. The molecule has 1 aliphatic rings. The summed E-state index contributed by atoms with van der Waals surface area (Å²) in [5, 5.41) is 7.66. The molecule has 0 amide bonds. The van der Waals surface area contributed by atoms with Crippen LogP contribution >= 0.6 is 23.2 Å². The van der Waals surface area contributed by atoms with Crippen LogP contribution in [-0.4, -0.2) is 18.1 Å². The smallest absolute Gasteiger partial charge is 0.147 e. The standard InChI is InChI=1S/C13H19Cl2N3/c1-3-6-16-11-9(14)7-10(15)12(18-11)17-8-13(2)4-5-13/h7H,3-6,8H2,1-2H3,(H2,16,17,18). The molecule has 1 heterocycles. The maximum Gasteiger partial charge on any atom is 0.147 e. The van der Waals surface area contributed by atoms with Crippen molar-refractivity contribution in [2.75, 3.05) is 23.7 Å². The zero-order valence-electron chi connectivity index (χ0n) is 10.8. The minimum absolute atomic E-state index is 0.418. The highest BCUT2D eigenvalue weighted by molar-refractivity contribution is 6.37. The molecule has 18 heavy (non-hydrogen) atoms. The van der Waals surface area contributed by atoms with Gasteiger partial charge in [-0.1, -0.05) is 37.0 Å². The van der Waals surface area contributed by atoms with Crippen molar-refractivity contribution in [3.8, 4) is 0 Å². The molecule has 1 aromatic heterocycles. The first kappa shape index (κ1) is 13.8. The van der Waals surface area contributed by atoms with Crippen molar-refractivity contribution in [2.45, 2.75) is 33.1 Å². The predicted octanol–water partition coefficient (Wildman–Crippen LogP) is 4.42. The SMILES string of the molecule is CCCNc1nc(NCC2(C)CC2)c(Cl)cc1Cl. The lowest BCUT2D eigenvalue weighted by Crippen LogP contribution is -2.14. The van der Waals surface area contributed by atoms with Crippen LogP contribution in [0.3, 0.4) is 0 Å². The number of halogens is 2. The number of aromatic nitrogens is 1. The number of pyridine rings is 1. The maximum absolute atomic E-state index is 6.15. The van der Waals surface area contributed by atoms with Crippen LogP contribution in [0.15, 0.2) is 6.07 Å². The monoisotopic (exact) mass is 287 g/mol. The number of hydrogen-bond donors (Lipinski definition) is 2. The van der Waals surface area contributed by atoms with E-state index in [0.717, 1.165) is 19.5 Å². The molecule has 0 atom stereocenters. The van der Waals surface area contributed by atoms with Crippen molar-refractivity contribution < 1.29 is 0 Å². The first-order chi connectivity index (χ1) is 8.54. The highest BCUT2D eigenvalue weighted by atomic mass is 35.5. The third-order valence-electron chi connectivity index (χ3n) is 3.26. The Bertz CT molecular complexity index is 430. The third kappa shape index (κ3) is 3.42. The molecule has 1 fully saturated rings. The number of anilines is 2. The van der Waals surface area contributed by atoms with Crippen molar-refractivity contribution >= 4 is 34.8 Å². The average molecular weight is 288 g/mol. The second kappa shape index (κ2) is 5.54. The zero-order chi connectivity index (χ0) is 13.2. The van der Waals surface area contributed by atoms with E-state index in [1.807, 2.05) is 0 Å². The molecule has 2 N–H and O–H groups in total. The summed E-state index contributed by atoms with van der Waals surface area (Å²) in [6, 6.07) is 1.74. The summed E-state index contributed by atoms with van der Waals surface area (Å²) < 4.78 is 0. The second-order valence-corrected chi connectivity index (χ2v) is 6.05. The van der Waals surface area contributed by atoms with E-state index in [1.165, 1.54) is 12.8 Å². The van der Waals surface area contributed by atoms with Gasteiger partial charge in [-0.15, -0.1) is 0 Å². The fraction of sp³-hybridized carbons (Fsp3) is 0.615. The molecule has 2 rings (SSSR count). The number of rotatable bonds is 6. The van der Waals surface area contributed by atoms with E-state index in [9.17, 15) is 0 Å². The van der Waals surface area contributed by atoms with Gasteiger partial charge in [0.15, 0.2) is 0 Å². The lowest BCUT2D eigenvalue weighted by molar-refractivity contribution is 0.609. The predicted molar refractivity (Wildman–Crippen MR) is 78.9 cm³/mol. The highest BCUT2D eigenvalue weighted by Crippen LogP contribution is 2.45. The molecule has 0 unspecified atom stereocenters. The Labute approximate surface area is 118 Å². The van der Waals surface area contributed by atoms with E-state index in [0.29, 0.717) is 27.1 Å². The largest absolute Gasteiger partial charge is 0.369 e. The van der Waals surface area contributed by atoms with E-state index in [2.05, 4.69) is 29.5 Å². The van der Waals surface area contributed by atoms with E-state index in [4.69, 9.17) is 23.2 Å². The van der Waals surface area contributed by atoms with Crippen LogP contribution in [-0.2, 0) is 0 Å². The van der Waals surface area contributed by atoms with Crippen molar-refractivity contribution in [3.63, 3.8) is 0 Å². The van der Waals surface area contributed by atoms with Gasteiger partial charge in [-0.2, -0.15) is 0 Å². The van der Waals surface area contributed by atoms with Crippen molar-refractivity contribution in [1.82, 2.24) is 4.98 Å². The molecule has 0 saturated heterocycles. The normalized spacial score (nSPS) is 16.4. The van der Waals surface area contributed by atoms with Crippen LogP contribution in [0.2, 0.25) is 10.0 Å². The summed E-state index contributed by atoms with van der Waals surface area (Å²) in [5.41, 5.74) is 0.418. The van der Waals surface area contributed by atoms with E-state index in [-0.39, 0.29) is 0 Å². The number of nitrogens with zero attached hydrogens (tertiary/aromatic N) is 1. The van der Waals surface area contributed by atoms with Crippen molar-refractivity contribution in [1.29, 1.82) is 0 Å². The Hall–Kier alpha value is -0.670. The third-order valence-corrected chi connectivity index (χ3v) is 3.83. The molecule has 0 aromatic carbocycles. The van der Waals surface area contributed by atoms with Gasteiger partial charge in [0.2, 0.25) is 0 Å². The molecule has 0 aliphatic heterocycles. The molecule has 100 valence electrons. The van der Waals surface area contributed by atoms with Gasteiger partial charge in [-0.3, -0.25) is 0 Å². The molecule has 1 saturated carbocycles. The maximum atomic E-state index is 6.15. The van der Waals surface area contributed by atoms with Crippen LogP contribution in [0.5, 0.6) is 0 Å². The van der Waals surface area contributed by atoms with Crippen LogP contribution in [0.4, 0.5) is 11.6 Å². The Kier molecular flexibility index (Phi) is 4.23. The van der Waals surface area contributed by atoms with Crippen LogP contribution in [0.1, 0.15) is 33.1 Å². The Morgan fingerprint density at radius 2 is 1.83 bits per heavy atom. The van der Waals surface area contributed by atoms with E-state index >= 15 is 0 Å². The lowest BCUT2D eigenvalue weighted by Gasteiger charge is -2.14. The zero-order valence-corrected chi connectivity index (χ0v) is 12.3. The molecule has 0 bridgehead atoms. The summed E-state index contributed by atoms with van der Waals surface area (Å²) in [5.74, 6) is 1.42. The Balaban J connectivity index is 2.07. The number of nitrogens with one attached hydrogen (secondary N) is 2. The first-order valence-corrected chi connectivity index (χ1v) is 7.13. The molecular weight excluding hydrogens is 269 g/mol. The lowest BCUT2D eigenvalue weighted by atomic mass is 10.1. The highest BCUT2D eigenvalue weighted by Gasteiger charge is 2.37. The fourth-order valence-electron chi connectivity index (χ4n) is 1.65. The second-order valence-electron chi connectivity index (χ2n) is 5.24. The summed E-state index contributed by atoms with van der Waals surface area (Å²) in [6.45, 7) is 6.13. The van der Waals surface area contributed by atoms with Gasteiger partial charge in [0.25, 0.3) is 0 Å². The Morgan fingerprint density at radius 1 is 1.22 bits per heavy atom. The summed E-state index contributed by atoms with van der Waals surface area (Å²) in [4.78, 5) is 4.45. The quantitative estimate of drug-likeness (QED) is 0.813. The molecule has 3 nitrogen and oxygen atoms in total. The fourth-order valence-corrected chi connectivity index (χ4v) is 2.14. The summed E-state index contributed by atoms with van der Waals surface area (Å²) in [7, 11) is 0. The van der Waals surface area contributed by atoms with Gasteiger partial charge in [0.1, 0.15) is 11.6 Å². The molecule has 0 spiro atoms. The average Bonchev–Trinajstić information content (AvgIpc) is 3.05. The molecule has 1 aromatic rings. The molecular formula is C13H19Cl2N3. The molecule has 0 radical (unpaired) electrons. The van der Waals surface area contributed by atoms with Gasteiger partial charge in [-0.25, -0.2) is 4.98 Å². The van der Waals surface area contributed by atoms with E-state index in [1.54, 1.807) is 6.07 Å². The van der Waals surface area contributed by atoms with Crippen LogP contribution in [0.25, 0.3) is 0 Å². The number of hydrogen-bond acceptors (Lipinski definition) is 3. The minimum atomic E-state index is 0.418. The van der Waals surface area contributed by atoms with Crippen molar-refractivity contribution in [3.05, 3.63) is 16.1 Å². The van der Waals surface area contributed by atoms with Crippen LogP contribution in [0, 0.1) is 5.41 Å². The molecule has 1 aliphatic carbocycles.